The molecule has 136 valence electrons. The van der Waals surface area contributed by atoms with Crippen molar-refractivity contribution in [3.63, 3.8) is 0 Å². The maximum atomic E-state index is 5.81. The van der Waals surface area contributed by atoms with Gasteiger partial charge in [0, 0.05) is 5.56 Å². The second-order valence-electron chi connectivity index (χ2n) is 6.61. The smallest absolute Gasteiger partial charge is 0.137 e. The predicted octanol–water partition coefficient (Wildman–Crippen LogP) is 6.13. The van der Waals surface area contributed by atoms with Gasteiger partial charge in [-0.05, 0) is 55.2 Å². The van der Waals surface area contributed by atoms with Gasteiger partial charge in [-0.3, -0.25) is 4.98 Å². The quantitative estimate of drug-likeness (QED) is 0.460. The van der Waals surface area contributed by atoms with E-state index in [2.05, 4.69) is 37.9 Å². The van der Waals surface area contributed by atoms with Crippen LogP contribution in [0.1, 0.15) is 52.9 Å². The van der Waals surface area contributed by atoms with Gasteiger partial charge in [0.25, 0.3) is 0 Å². The van der Waals surface area contributed by atoms with Crippen LogP contribution < -0.4 is 9.47 Å². The fourth-order valence-corrected chi connectivity index (χ4v) is 2.48. The van der Waals surface area contributed by atoms with E-state index in [1.807, 2.05) is 24.3 Å². The van der Waals surface area contributed by atoms with E-state index in [1.54, 1.807) is 6.20 Å². The van der Waals surface area contributed by atoms with Crippen molar-refractivity contribution < 1.29 is 9.47 Å². The topological polar surface area (TPSA) is 31.4 Å². The molecule has 0 amide bonds. The van der Waals surface area contributed by atoms with Crippen molar-refractivity contribution in [1.29, 1.82) is 0 Å². The van der Waals surface area contributed by atoms with Crippen LogP contribution in [0.15, 0.2) is 42.6 Å². The van der Waals surface area contributed by atoms with E-state index in [0.717, 1.165) is 48.8 Å². The molecule has 0 saturated carbocycles. The zero-order chi connectivity index (χ0) is 17.9. The summed E-state index contributed by atoms with van der Waals surface area (Å²) >= 11 is 0. The number of rotatable bonds is 11. The number of benzene rings is 1. The van der Waals surface area contributed by atoms with E-state index >= 15 is 0 Å². The van der Waals surface area contributed by atoms with Crippen LogP contribution >= 0.6 is 0 Å². The predicted molar refractivity (Wildman–Crippen MR) is 104 cm³/mol. The molecular weight excluding hydrogens is 310 g/mol. The number of nitrogens with zero attached hydrogens (tertiary/aromatic N) is 1. The molecule has 0 radical (unpaired) electrons. The van der Waals surface area contributed by atoms with Crippen molar-refractivity contribution in [1.82, 2.24) is 4.98 Å². The van der Waals surface area contributed by atoms with Crippen LogP contribution in [-0.2, 0) is 0 Å². The number of hydrogen-bond acceptors (Lipinski definition) is 3. The molecule has 0 aliphatic rings. The maximum Gasteiger partial charge on any atom is 0.137 e. The normalized spacial score (nSPS) is 12.0. The van der Waals surface area contributed by atoms with Crippen LogP contribution in [-0.4, -0.2) is 18.2 Å². The van der Waals surface area contributed by atoms with Crippen molar-refractivity contribution in [2.75, 3.05) is 13.2 Å². The summed E-state index contributed by atoms with van der Waals surface area (Å²) in [5.74, 6) is 2.47. The Hall–Kier alpha value is -2.03. The lowest BCUT2D eigenvalue weighted by Crippen LogP contribution is -2.03. The summed E-state index contributed by atoms with van der Waals surface area (Å²) in [4.78, 5) is 4.51. The van der Waals surface area contributed by atoms with E-state index in [-0.39, 0.29) is 0 Å². The van der Waals surface area contributed by atoms with E-state index in [9.17, 15) is 0 Å². The summed E-state index contributed by atoms with van der Waals surface area (Å²) in [6.45, 7) is 8.20. The van der Waals surface area contributed by atoms with Crippen LogP contribution in [0.5, 0.6) is 11.5 Å². The van der Waals surface area contributed by atoms with Crippen LogP contribution in [0.25, 0.3) is 11.3 Å². The van der Waals surface area contributed by atoms with Crippen LogP contribution in [0.2, 0.25) is 0 Å². The first-order valence-electron chi connectivity index (χ1n) is 9.55. The third kappa shape index (κ3) is 6.77. The van der Waals surface area contributed by atoms with Gasteiger partial charge in [0.2, 0.25) is 0 Å². The lowest BCUT2D eigenvalue weighted by atomic mass is 10.1. The molecule has 0 N–H and O–H groups in total. The average Bonchev–Trinajstić information content (AvgIpc) is 2.66. The van der Waals surface area contributed by atoms with E-state index in [0.29, 0.717) is 5.92 Å². The third-order valence-electron chi connectivity index (χ3n) is 4.48. The number of ether oxygens (including phenoxy) is 2. The summed E-state index contributed by atoms with van der Waals surface area (Å²) in [5.41, 5.74) is 2.04. The molecule has 1 aromatic carbocycles. The van der Waals surface area contributed by atoms with E-state index in [4.69, 9.17) is 9.47 Å². The van der Waals surface area contributed by atoms with Crippen molar-refractivity contribution in [2.24, 2.45) is 5.92 Å². The third-order valence-corrected chi connectivity index (χ3v) is 4.48. The van der Waals surface area contributed by atoms with Crippen LogP contribution in [0, 0.1) is 5.92 Å². The highest BCUT2D eigenvalue weighted by Crippen LogP contribution is 2.23. The Labute approximate surface area is 152 Å². The monoisotopic (exact) mass is 341 g/mol. The lowest BCUT2D eigenvalue weighted by molar-refractivity contribution is 0.282. The van der Waals surface area contributed by atoms with Gasteiger partial charge >= 0.3 is 0 Å². The summed E-state index contributed by atoms with van der Waals surface area (Å²) in [7, 11) is 0. The number of pyridine rings is 1. The zero-order valence-corrected chi connectivity index (χ0v) is 15.8. The van der Waals surface area contributed by atoms with Crippen molar-refractivity contribution in [3.8, 4) is 22.8 Å². The Balaban J connectivity index is 1.84. The Morgan fingerprint density at radius 2 is 1.60 bits per heavy atom. The van der Waals surface area contributed by atoms with Gasteiger partial charge in [-0.1, -0.05) is 40.0 Å². The highest BCUT2D eigenvalue weighted by molar-refractivity contribution is 5.60. The Morgan fingerprint density at radius 3 is 2.24 bits per heavy atom. The van der Waals surface area contributed by atoms with Gasteiger partial charge in [-0.15, -0.1) is 0 Å². The van der Waals surface area contributed by atoms with Gasteiger partial charge in [0.15, 0.2) is 0 Å². The fourth-order valence-electron chi connectivity index (χ4n) is 2.48. The van der Waals surface area contributed by atoms with Crippen LogP contribution in [0.4, 0.5) is 0 Å². The molecule has 2 rings (SSSR count). The molecule has 1 unspecified atom stereocenters. The first-order valence-corrected chi connectivity index (χ1v) is 9.55. The minimum absolute atomic E-state index is 0.714. The molecular formula is C22H31NO2. The second-order valence-corrected chi connectivity index (χ2v) is 6.61. The first-order chi connectivity index (χ1) is 12.2. The molecule has 1 aromatic heterocycles. The highest BCUT2D eigenvalue weighted by atomic mass is 16.5. The number of aromatic nitrogens is 1. The molecule has 0 aliphatic carbocycles. The summed E-state index contributed by atoms with van der Waals surface area (Å²) in [5, 5.41) is 0. The van der Waals surface area contributed by atoms with E-state index < -0.39 is 0 Å². The molecule has 0 saturated heterocycles. The molecule has 0 spiro atoms. The molecule has 3 heteroatoms. The fraction of sp³-hybridized carbons (Fsp3) is 0.500. The SMILES string of the molecule is CCCCCOc1ccc(-c2ccc(OCCC(C)CC)cc2)nc1. The zero-order valence-electron chi connectivity index (χ0n) is 15.8. The molecule has 25 heavy (non-hydrogen) atoms. The van der Waals surface area contributed by atoms with Crippen molar-refractivity contribution >= 4 is 0 Å². The minimum Gasteiger partial charge on any atom is -0.494 e. The molecule has 0 bridgehead atoms. The number of hydrogen-bond donors (Lipinski definition) is 0. The summed E-state index contributed by atoms with van der Waals surface area (Å²) in [6, 6.07) is 12.1. The van der Waals surface area contributed by atoms with Crippen LogP contribution in [0.3, 0.4) is 0 Å². The maximum absolute atomic E-state index is 5.81. The Bertz CT molecular complexity index is 592. The number of unbranched alkanes of at least 4 members (excludes halogenated alkanes) is 2. The molecule has 0 aliphatic heterocycles. The average molecular weight is 341 g/mol. The summed E-state index contributed by atoms with van der Waals surface area (Å²) < 4.78 is 11.5. The molecule has 1 heterocycles. The van der Waals surface area contributed by atoms with Crippen molar-refractivity contribution in [2.45, 2.75) is 52.9 Å². The van der Waals surface area contributed by atoms with Gasteiger partial charge < -0.3 is 9.47 Å². The van der Waals surface area contributed by atoms with Gasteiger partial charge in [-0.25, -0.2) is 0 Å². The minimum atomic E-state index is 0.714. The molecule has 3 nitrogen and oxygen atoms in total. The Kier molecular flexibility index (Phi) is 8.30. The lowest BCUT2D eigenvalue weighted by Gasteiger charge is -2.10. The van der Waals surface area contributed by atoms with Gasteiger partial charge in [0.05, 0.1) is 25.1 Å². The molecule has 2 aromatic rings. The van der Waals surface area contributed by atoms with E-state index in [1.165, 1.54) is 19.3 Å². The molecule has 1 atom stereocenters. The molecule has 0 fully saturated rings. The van der Waals surface area contributed by atoms with Gasteiger partial charge in [0.1, 0.15) is 11.5 Å². The van der Waals surface area contributed by atoms with Crippen molar-refractivity contribution in [3.05, 3.63) is 42.6 Å². The standard InChI is InChI=1S/C22H31NO2/c1-4-6-7-15-24-21-12-13-22(23-17-21)19-8-10-20(11-9-19)25-16-14-18(3)5-2/h8-13,17-18H,4-7,14-16H2,1-3H3. The Morgan fingerprint density at radius 1 is 0.880 bits per heavy atom. The first kappa shape index (κ1) is 19.3. The summed E-state index contributed by atoms with van der Waals surface area (Å²) in [6.07, 6.45) is 7.61. The second kappa shape index (κ2) is 10.8. The largest absolute Gasteiger partial charge is 0.494 e. The highest BCUT2D eigenvalue weighted by Gasteiger charge is 2.03. The van der Waals surface area contributed by atoms with Gasteiger partial charge in [-0.2, -0.15) is 0 Å².